The highest BCUT2D eigenvalue weighted by molar-refractivity contribution is 6.36. The highest BCUT2D eigenvalue weighted by Gasteiger charge is 2.16. The average Bonchev–Trinajstić information content (AvgIpc) is 3.14. The van der Waals surface area contributed by atoms with E-state index in [2.05, 4.69) is 10.4 Å². The van der Waals surface area contributed by atoms with Crippen molar-refractivity contribution in [3.63, 3.8) is 0 Å². The maximum atomic E-state index is 13.2. The molecule has 4 rings (SSSR count). The molecule has 0 aliphatic carbocycles. The van der Waals surface area contributed by atoms with Crippen LogP contribution in [-0.2, 0) is 11.3 Å². The fraction of sp³-hybridized carbons (Fsp3) is 0.0769. The number of carbonyl (C=O) groups is 1. The van der Waals surface area contributed by atoms with Gasteiger partial charge in [-0.1, -0.05) is 89.9 Å². The van der Waals surface area contributed by atoms with Crippen LogP contribution in [0.2, 0.25) is 10.0 Å². The molecule has 4 nitrogen and oxygen atoms in total. The number of nitrogens with zero attached hydrogens (tertiary/aromatic N) is 2. The molecule has 0 radical (unpaired) electrons. The van der Waals surface area contributed by atoms with Gasteiger partial charge in [0.25, 0.3) is 5.91 Å². The van der Waals surface area contributed by atoms with Crippen molar-refractivity contribution in [2.75, 3.05) is 5.32 Å². The van der Waals surface area contributed by atoms with Crippen molar-refractivity contribution in [3.8, 4) is 0 Å². The van der Waals surface area contributed by atoms with Crippen LogP contribution >= 0.6 is 23.2 Å². The molecule has 0 saturated heterocycles. The van der Waals surface area contributed by atoms with Crippen molar-refractivity contribution >= 4 is 46.6 Å². The molecule has 0 aliphatic rings. The van der Waals surface area contributed by atoms with E-state index in [0.29, 0.717) is 28.0 Å². The first-order chi connectivity index (χ1) is 15.5. The summed E-state index contributed by atoms with van der Waals surface area (Å²) in [4.78, 5) is 13.2. The molecule has 0 unspecified atom stereocenters. The average molecular weight is 462 g/mol. The fourth-order valence-corrected chi connectivity index (χ4v) is 3.88. The van der Waals surface area contributed by atoms with Gasteiger partial charge in [-0.3, -0.25) is 9.48 Å². The molecule has 1 N–H and O–H groups in total. The lowest BCUT2D eigenvalue weighted by Crippen LogP contribution is -2.14. The minimum Gasteiger partial charge on any atom is -0.305 e. The van der Waals surface area contributed by atoms with Crippen LogP contribution in [0.25, 0.3) is 11.6 Å². The summed E-state index contributed by atoms with van der Waals surface area (Å²) in [7, 11) is 0. The zero-order chi connectivity index (χ0) is 22.5. The van der Waals surface area contributed by atoms with Gasteiger partial charge >= 0.3 is 0 Å². The maximum absolute atomic E-state index is 13.2. The van der Waals surface area contributed by atoms with Crippen LogP contribution in [0, 0.1) is 6.92 Å². The summed E-state index contributed by atoms with van der Waals surface area (Å²) in [6.45, 7) is 2.33. The Balaban J connectivity index is 1.61. The molecule has 1 amide bonds. The van der Waals surface area contributed by atoms with E-state index in [4.69, 9.17) is 23.2 Å². The minimum atomic E-state index is -0.236. The Hall–Kier alpha value is -3.34. The number of hydrogen-bond acceptors (Lipinski definition) is 2. The third-order valence-electron chi connectivity index (χ3n) is 5.03. The summed E-state index contributed by atoms with van der Waals surface area (Å²) in [6, 6.07) is 26.5. The van der Waals surface area contributed by atoms with E-state index in [1.54, 1.807) is 22.9 Å². The largest absolute Gasteiger partial charge is 0.305 e. The first-order valence-corrected chi connectivity index (χ1v) is 10.9. The van der Waals surface area contributed by atoms with Crippen molar-refractivity contribution in [2.24, 2.45) is 0 Å². The Bertz CT molecular complexity index is 1240. The zero-order valence-electron chi connectivity index (χ0n) is 17.4. The van der Waals surface area contributed by atoms with Crippen LogP contribution in [-0.4, -0.2) is 15.7 Å². The van der Waals surface area contributed by atoms with Gasteiger partial charge in [-0.25, -0.2) is 0 Å². The van der Waals surface area contributed by atoms with Crippen LogP contribution < -0.4 is 5.32 Å². The Labute approximate surface area is 197 Å². The molecular weight excluding hydrogens is 441 g/mol. The van der Waals surface area contributed by atoms with Gasteiger partial charge in [-0.05, 0) is 36.3 Å². The molecule has 0 fully saturated rings. The van der Waals surface area contributed by atoms with Gasteiger partial charge in [0.05, 0.1) is 6.54 Å². The second-order valence-electron chi connectivity index (χ2n) is 7.32. The number of anilines is 1. The van der Waals surface area contributed by atoms with Gasteiger partial charge in [-0.15, -0.1) is 0 Å². The Morgan fingerprint density at radius 1 is 0.938 bits per heavy atom. The van der Waals surface area contributed by atoms with Crippen LogP contribution in [0.5, 0.6) is 0 Å². The number of rotatable bonds is 6. The number of carbonyl (C=O) groups excluding carboxylic acids is 1. The topological polar surface area (TPSA) is 46.9 Å². The van der Waals surface area contributed by atoms with Gasteiger partial charge in [0, 0.05) is 32.9 Å². The Kier molecular flexibility index (Phi) is 6.74. The van der Waals surface area contributed by atoms with E-state index < -0.39 is 0 Å². The molecule has 1 aromatic heterocycles. The van der Waals surface area contributed by atoms with Gasteiger partial charge in [-0.2, -0.15) is 5.10 Å². The van der Waals surface area contributed by atoms with E-state index in [1.807, 2.05) is 79.7 Å². The van der Waals surface area contributed by atoms with Crippen molar-refractivity contribution in [1.82, 2.24) is 9.78 Å². The summed E-state index contributed by atoms with van der Waals surface area (Å²) in [5.41, 5.74) is 3.99. The lowest BCUT2D eigenvalue weighted by molar-refractivity contribution is -0.111. The normalized spacial score (nSPS) is 11.4. The molecule has 0 spiro atoms. The number of hydrogen-bond donors (Lipinski definition) is 1. The van der Waals surface area contributed by atoms with Crippen LogP contribution in [0.1, 0.15) is 22.4 Å². The zero-order valence-corrected chi connectivity index (χ0v) is 18.9. The van der Waals surface area contributed by atoms with E-state index in [1.165, 1.54) is 0 Å². The SMILES string of the molecule is Cc1cc(NC(=O)/C(=C\c2ccccc2)c2ccccc2)nn1Cc1c(Cl)cccc1Cl. The number of amides is 1. The van der Waals surface area contributed by atoms with Crippen LogP contribution in [0.4, 0.5) is 5.82 Å². The van der Waals surface area contributed by atoms with Gasteiger partial charge in [0.15, 0.2) is 5.82 Å². The predicted molar refractivity (Wildman–Crippen MR) is 132 cm³/mol. The molecule has 0 bridgehead atoms. The minimum absolute atomic E-state index is 0.236. The quantitative estimate of drug-likeness (QED) is 0.255. The number of benzene rings is 3. The Morgan fingerprint density at radius 3 is 2.22 bits per heavy atom. The highest BCUT2D eigenvalue weighted by Crippen LogP contribution is 2.26. The number of aromatic nitrogens is 2. The number of nitrogens with one attached hydrogen (secondary N) is 1. The van der Waals surface area contributed by atoms with Gasteiger partial charge in [0.2, 0.25) is 0 Å². The third-order valence-corrected chi connectivity index (χ3v) is 5.74. The molecule has 6 heteroatoms. The van der Waals surface area contributed by atoms with E-state index in [0.717, 1.165) is 22.4 Å². The molecule has 1 heterocycles. The molecule has 3 aromatic carbocycles. The Morgan fingerprint density at radius 2 is 1.56 bits per heavy atom. The van der Waals surface area contributed by atoms with Crippen LogP contribution in [0.15, 0.2) is 84.9 Å². The second-order valence-corrected chi connectivity index (χ2v) is 8.13. The molecule has 0 aliphatic heterocycles. The lowest BCUT2D eigenvalue weighted by Gasteiger charge is -2.09. The molecule has 0 saturated carbocycles. The van der Waals surface area contributed by atoms with Gasteiger partial charge < -0.3 is 5.32 Å². The van der Waals surface area contributed by atoms with Crippen LogP contribution in [0.3, 0.4) is 0 Å². The molecule has 4 aromatic rings. The maximum Gasteiger partial charge on any atom is 0.257 e. The first kappa shape index (κ1) is 21.9. The molecule has 160 valence electrons. The standard InChI is InChI=1S/C26H21Cl2N3O/c1-18-15-25(30-31(18)17-22-23(27)13-8-14-24(22)28)29-26(32)21(20-11-6-3-7-12-20)16-19-9-4-2-5-10-19/h2-16H,17H2,1H3,(H,29,30,32)/b21-16-. The van der Waals surface area contributed by atoms with Crippen molar-refractivity contribution in [3.05, 3.63) is 117 Å². The predicted octanol–water partition coefficient (Wildman–Crippen LogP) is 6.73. The van der Waals surface area contributed by atoms with Gasteiger partial charge in [0.1, 0.15) is 0 Å². The second kappa shape index (κ2) is 9.86. The summed E-state index contributed by atoms with van der Waals surface area (Å²) in [6.07, 6.45) is 1.87. The van der Waals surface area contributed by atoms with Crippen molar-refractivity contribution < 1.29 is 4.79 Å². The third kappa shape index (κ3) is 5.10. The van der Waals surface area contributed by atoms with E-state index in [-0.39, 0.29) is 5.91 Å². The van der Waals surface area contributed by atoms with E-state index in [9.17, 15) is 4.79 Å². The molecule has 32 heavy (non-hydrogen) atoms. The summed E-state index contributed by atoms with van der Waals surface area (Å²) in [5, 5.41) is 8.64. The first-order valence-electron chi connectivity index (χ1n) is 10.1. The molecule has 0 atom stereocenters. The van der Waals surface area contributed by atoms with Crippen molar-refractivity contribution in [1.29, 1.82) is 0 Å². The van der Waals surface area contributed by atoms with E-state index >= 15 is 0 Å². The fourth-order valence-electron chi connectivity index (χ4n) is 3.36. The number of aryl methyl sites for hydroxylation is 1. The summed E-state index contributed by atoms with van der Waals surface area (Å²) in [5.74, 6) is 0.228. The highest BCUT2D eigenvalue weighted by atomic mass is 35.5. The monoisotopic (exact) mass is 461 g/mol. The van der Waals surface area contributed by atoms with Crippen molar-refractivity contribution in [2.45, 2.75) is 13.5 Å². The lowest BCUT2D eigenvalue weighted by atomic mass is 10.0. The molecular formula is C26H21Cl2N3O. The summed E-state index contributed by atoms with van der Waals surface area (Å²) >= 11 is 12.6. The number of halogens is 2. The summed E-state index contributed by atoms with van der Waals surface area (Å²) < 4.78 is 1.77. The smallest absolute Gasteiger partial charge is 0.257 e.